The SMILES string of the molecule is Cn1cc(Nc2nccc(-c3ccc(CN4CCOCC4)cc3)n2)cn1. The van der Waals surface area contributed by atoms with Crippen LogP contribution in [0, 0.1) is 0 Å². The summed E-state index contributed by atoms with van der Waals surface area (Å²) in [4.78, 5) is 11.3. The number of hydrogen-bond acceptors (Lipinski definition) is 6. The fourth-order valence-corrected chi connectivity index (χ4v) is 2.99. The van der Waals surface area contributed by atoms with Crippen molar-refractivity contribution < 1.29 is 4.74 Å². The Morgan fingerprint density at radius 1 is 1.12 bits per heavy atom. The fourth-order valence-electron chi connectivity index (χ4n) is 2.99. The summed E-state index contributed by atoms with van der Waals surface area (Å²) >= 11 is 0. The number of rotatable bonds is 5. The van der Waals surface area contributed by atoms with E-state index in [1.54, 1.807) is 17.1 Å². The molecule has 26 heavy (non-hydrogen) atoms. The van der Waals surface area contributed by atoms with Gasteiger partial charge in [-0.05, 0) is 11.6 Å². The van der Waals surface area contributed by atoms with Crippen LogP contribution < -0.4 is 5.32 Å². The summed E-state index contributed by atoms with van der Waals surface area (Å²) in [5, 5.41) is 7.31. The van der Waals surface area contributed by atoms with E-state index in [0.29, 0.717) is 5.95 Å². The van der Waals surface area contributed by atoms with E-state index in [1.165, 1.54) is 5.56 Å². The smallest absolute Gasteiger partial charge is 0.227 e. The lowest BCUT2D eigenvalue weighted by molar-refractivity contribution is 0.0342. The van der Waals surface area contributed by atoms with Gasteiger partial charge >= 0.3 is 0 Å². The zero-order valence-electron chi connectivity index (χ0n) is 14.8. The highest BCUT2D eigenvalue weighted by molar-refractivity contribution is 5.61. The van der Waals surface area contributed by atoms with Crippen LogP contribution >= 0.6 is 0 Å². The second-order valence-electron chi connectivity index (χ2n) is 6.38. The van der Waals surface area contributed by atoms with Crippen molar-refractivity contribution in [3.8, 4) is 11.3 Å². The summed E-state index contributed by atoms with van der Waals surface area (Å²) < 4.78 is 7.14. The number of aromatic nitrogens is 4. The average molecular weight is 350 g/mol. The molecule has 0 aliphatic carbocycles. The molecule has 0 radical (unpaired) electrons. The van der Waals surface area contributed by atoms with E-state index in [2.05, 4.69) is 49.5 Å². The lowest BCUT2D eigenvalue weighted by Gasteiger charge is -2.26. The Labute approximate surface area is 152 Å². The predicted molar refractivity (Wildman–Crippen MR) is 100 cm³/mol. The molecule has 0 atom stereocenters. The Morgan fingerprint density at radius 3 is 2.65 bits per heavy atom. The highest BCUT2D eigenvalue weighted by atomic mass is 16.5. The van der Waals surface area contributed by atoms with Crippen molar-refractivity contribution in [3.05, 3.63) is 54.5 Å². The van der Waals surface area contributed by atoms with Gasteiger partial charge in [0.05, 0.1) is 30.8 Å². The number of morpholine rings is 1. The van der Waals surface area contributed by atoms with Gasteiger partial charge < -0.3 is 10.1 Å². The first-order valence-electron chi connectivity index (χ1n) is 8.74. The zero-order chi connectivity index (χ0) is 17.8. The average Bonchev–Trinajstić information content (AvgIpc) is 3.08. The van der Waals surface area contributed by atoms with Gasteiger partial charge in [0.15, 0.2) is 0 Å². The Balaban J connectivity index is 1.45. The minimum absolute atomic E-state index is 0.563. The molecule has 1 aromatic carbocycles. The van der Waals surface area contributed by atoms with Crippen LogP contribution in [0.15, 0.2) is 48.9 Å². The van der Waals surface area contributed by atoms with Gasteiger partial charge in [0.1, 0.15) is 0 Å². The highest BCUT2D eigenvalue weighted by Crippen LogP contribution is 2.20. The normalized spacial score (nSPS) is 15.1. The summed E-state index contributed by atoms with van der Waals surface area (Å²) in [5.74, 6) is 0.563. The van der Waals surface area contributed by atoms with E-state index in [4.69, 9.17) is 4.74 Å². The Hall–Kier alpha value is -2.77. The molecule has 7 nitrogen and oxygen atoms in total. The van der Waals surface area contributed by atoms with Crippen LogP contribution in [0.5, 0.6) is 0 Å². The van der Waals surface area contributed by atoms with Crippen molar-refractivity contribution in [2.24, 2.45) is 7.05 Å². The zero-order valence-corrected chi connectivity index (χ0v) is 14.8. The molecule has 2 aromatic heterocycles. The molecule has 0 unspecified atom stereocenters. The lowest BCUT2D eigenvalue weighted by atomic mass is 10.1. The fraction of sp³-hybridized carbons (Fsp3) is 0.316. The molecule has 0 amide bonds. The van der Waals surface area contributed by atoms with Gasteiger partial charge in [0, 0.05) is 44.6 Å². The van der Waals surface area contributed by atoms with Gasteiger partial charge in [0.25, 0.3) is 0 Å². The molecule has 1 fully saturated rings. The van der Waals surface area contributed by atoms with Crippen molar-refractivity contribution in [2.75, 3.05) is 31.6 Å². The topological polar surface area (TPSA) is 68.1 Å². The van der Waals surface area contributed by atoms with E-state index < -0.39 is 0 Å². The first-order chi connectivity index (χ1) is 12.8. The van der Waals surface area contributed by atoms with Crippen LogP contribution in [0.4, 0.5) is 11.6 Å². The molecule has 0 spiro atoms. The Bertz CT molecular complexity index is 854. The third-order valence-electron chi connectivity index (χ3n) is 4.38. The van der Waals surface area contributed by atoms with Crippen LogP contribution in [0.2, 0.25) is 0 Å². The van der Waals surface area contributed by atoms with Gasteiger partial charge in [-0.3, -0.25) is 9.58 Å². The number of nitrogens with zero attached hydrogens (tertiary/aromatic N) is 5. The maximum Gasteiger partial charge on any atom is 0.227 e. The van der Waals surface area contributed by atoms with E-state index in [9.17, 15) is 0 Å². The summed E-state index contributed by atoms with van der Waals surface area (Å²) in [5.41, 5.74) is 4.14. The number of nitrogens with one attached hydrogen (secondary N) is 1. The van der Waals surface area contributed by atoms with Gasteiger partial charge in [-0.1, -0.05) is 24.3 Å². The Morgan fingerprint density at radius 2 is 1.92 bits per heavy atom. The van der Waals surface area contributed by atoms with E-state index >= 15 is 0 Å². The van der Waals surface area contributed by atoms with E-state index in [1.807, 2.05) is 19.3 Å². The second-order valence-corrected chi connectivity index (χ2v) is 6.38. The molecule has 3 heterocycles. The molecule has 3 aromatic rings. The highest BCUT2D eigenvalue weighted by Gasteiger charge is 2.11. The van der Waals surface area contributed by atoms with Crippen molar-refractivity contribution in [1.29, 1.82) is 0 Å². The summed E-state index contributed by atoms with van der Waals surface area (Å²) in [6.45, 7) is 4.60. The standard InChI is InChI=1S/C19H22N6O/c1-24-14-17(12-21-24)22-19-20-7-6-18(23-19)16-4-2-15(3-5-16)13-25-8-10-26-11-9-25/h2-7,12,14H,8-11,13H2,1H3,(H,20,22,23). The van der Waals surface area contributed by atoms with Crippen molar-refractivity contribution in [2.45, 2.75) is 6.54 Å². The maximum atomic E-state index is 5.40. The number of ether oxygens (including phenoxy) is 1. The minimum atomic E-state index is 0.563. The van der Waals surface area contributed by atoms with Gasteiger partial charge in [-0.15, -0.1) is 0 Å². The lowest BCUT2D eigenvalue weighted by Crippen LogP contribution is -2.35. The van der Waals surface area contributed by atoms with Gasteiger partial charge in [0.2, 0.25) is 5.95 Å². The molecule has 7 heteroatoms. The molecule has 1 aliphatic heterocycles. The van der Waals surface area contributed by atoms with Crippen LogP contribution in [-0.2, 0) is 18.3 Å². The Kier molecular flexibility index (Phi) is 4.90. The van der Waals surface area contributed by atoms with Crippen molar-refractivity contribution >= 4 is 11.6 Å². The van der Waals surface area contributed by atoms with Gasteiger partial charge in [-0.25, -0.2) is 9.97 Å². The molecular formula is C19H22N6O. The van der Waals surface area contributed by atoms with Crippen LogP contribution in [0.1, 0.15) is 5.56 Å². The van der Waals surface area contributed by atoms with Crippen LogP contribution in [0.25, 0.3) is 11.3 Å². The predicted octanol–water partition coefficient (Wildman–Crippen LogP) is 2.45. The molecule has 4 rings (SSSR count). The van der Waals surface area contributed by atoms with Crippen molar-refractivity contribution in [1.82, 2.24) is 24.6 Å². The number of benzene rings is 1. The third-order valence-corrected chi connectivity index (χ3v) is 4.38. The summed E-state index contributed by atoms with van der Waals surface area (Å²) in [7, 11) is 1.88. The number of aryl methyl sites for hydroxylation is 1. The summed E-state index contributed by atoms with van der Waals surface area (Å²) in [6.07, 6.45) is 5.40. The first-order valence-corrected chi connectivity index (χ1v) is 8.74. The van der Waals surface area contributed by atoms with Crippen molar-refractivity contribution in [3.63, 3.8) is 0 Å². The second kappa shape index (κ2) is 7.63. The van der Waals surface area contributed by atoms with E-state index in [-0.39, 0.29) is 0 Å². The minimum Gasteiger partial charge on any atom is -0.379 e. The molecule has 1 N–H and O–H groups in total. The third kappa shape index (κ3) is 4.07. The largest absolute Gasteiger partial charge is 0.379 e. The monoisotopic (exact) mass is 350 g/mol. The number of anilines is 2. The molecule has 1 saturated heterocycles. The summed E-state index contributed by atoms with van der Waals surface area (Å²) in [6, 6.07) is 10.5. The number of hydrogen-bond donors (Lipinski definition) is 1. The maximum absolute atomic E-state index is 5.40. The van der Waals surface area contributed by atoms with Crippen LogP contribution in [0.3, 0.4) is 0 Å². The van der Waals surface area contributed by atoms with Crippen LogP contribution in [-0.4, -0.2) is 51.0 Å². The van der Waals surface area contributed by atoms with Gasteiger partial charge in [-0.2, -0.15) is 5.10 Å². The molecule has 0 bridgehead atoms. The molecule has 134 valence electrons. The first kappa shape index (κ1) is 16.7. The molecular weight excluding hydrogens is 328 g/mol. The molecule has 1 aliphatic rings. The van der Waals surface area contributed by atoms with E-state index in [0.717, 1.165) is 49.8 Å². The quantitative estimate of drug-likeness (QED) is 0.762. The molecule has 0 saturated carbocycles.